The molecule has 0 aliphatic rings. The smallest absolute Gasteiger partial charge is 0.273 e. The second kappa shape index (κ2) is 7.02. The third-order valence-electron chi connectivity index (χ3n) is 4.37. The van der Waals surface area contributed by atoms with E-state index in [0.29, 0.717) is 11.2 Å². The zero-order valence-corrected chi connectivity index (χ0v) is 15.8. The SMILES string of the molecule is COc1ccc(-n2ccc3c(sc4nccc(NC[C@@H](C)O)c43)c2=O)cc1. The third kappa shape index (κ3) is 3.15. The first kappa shape index (κ1) is 17.5. The molecule has 6 nitrogen and oxygen atoms in total. The molecule has 1 aromatic carbocycles. The van der Waals surface area contributed by atoms with Crippen molar-refractivity contribution >= 4 is 37.3 Å². The Bertz CT molecular complexity index is 1160. The van der Waals surface area contributed by atoms with Crippen molar-refractivity contribution in [2.24, 2.45) is 0 Å². The Kier molecular flexibility index (Phi) is 4.55. The second-order valence-corrected chi connectivity index (χ2v) is 7.30. The molecule has 0 saturated carbocycles. The van der Waals surface area contributed by atoms with E-state index >= 15 is 0 Å². The number of pyridine rings is 2. The molecule has 7 heteroatoms. The lowest BCUT2D eigenvalue weighted by Gasteiger charge is -2.10. The fourth-order valence-electron chi connectivity index (χ4n) is 3.04. The van der Waals surface area contributed by atoms with Gasteiger partial charge in [0.2, 0.25) is 0 Å². The van der Waals surface area contributed by atoms with E-state index in [2.05, 4.69) is 10.3 Å². The van der Waals surface area contributed by atoms with E-state index in [4.69, 9.17) is 4.74 Å². The first-order chi connectivity index (χ1) is 13.1. The number of aliphatic hydroxyl groups is 1. The number of hydrogen-bond acceptors (Lipinski definition) is 6. The van der Waals surface area contributed by atoms with Gasteiger partial charge in [-0.25, -0.2) is 4.98 Å². The molecule has 0 aliphatic carbocycles. The summed E-state index contributed by atoms with van der Waals surface area (Å²) in [4.78, 5) is 18.3. The lowest BCUT2D eigenvalue weighted by molar-refractivity contribution is 0.208. The zero-order valence-electron chi connectivity index (χ0n) is 15.0. The molecule has 0 aliphatic heterocycles. The van der Waals surface area contributed by atoms with Crippen LogP contribution in [0, 0.1) is 0 Å². The summed E-state index contributed by atoms with van der Waals surface area (Å²) in [5.74, 6) is 0.743. The van der Waals surface area contributed by atoms with Gasteiger partial charge in [-0.2, -0.15) is 0 Å². The molecular weight excluding hydrogens is 362 g/mol. The number of methoxy groups -OCH3 is 1. The molecule has 3 heterocycles. The molecule has 3 aromatic heterocycles. The number of nitrogens with zero attached hydrogens (tertiary/aromatic N) is 2. The van der Waals surface area contributed by atoms with Crippen LogP contribution in [-0.2, 0) is 0 Å². The molecule has 0 spiro atoms. The maximum atomic E-state index is 13.1. The Labute approximate surface area is 159 Å². The first-order valence-corrected chi connectivity index (χ1v) is 9.39. The van der Waals surface area contributed by atoms with Crippen molar-refractivity contribution in [3.8, 4) is 11.4 Å². The number of thiophene rings is 1. The summed E-state index contributed by atoms with van der Waals surface area (Å²) in [5.41, 5.74) is 1.57. The summed E-state index contributed by atoms with van der Waals surface area (Å²) in [6, 6.07) is 11.2. The van der Waals surface area contributed by atoms with Crippen LogP contribution < -0.4 is 15.6 Å². The number of hydrogen-bond donors (Lipinski definition) is 2. The van der Waals surface area contributed by atoms with Gasteiger partial charge in [-0.05, 0) is 43.3 Å². The Morgan fingerprint density at radius 2 is 2.04 bits per heavy atom. The predicted octanol–water partition coefficient (Wildman–Crippen LogP) is 3.40. The van der Waals surface area contributed by atoms with E-state index in [-0.39, 0.29) is 5.56 Å². The summed E-state index contributed by atoms with van der Waals surface area (Å²) in [5, 5.41) is 14.6. The zero-order chi connectivity index (χ0) is 19.0. The number of fused-ring (bicyclic) bond motifs is 3. The molecule has 4 aromatic rings. The van der Waals surface area contributed by atoms with Crippen molar-refractivity contribution in [3.05, 3.63) is 59.1 Å². The van der Waals surface area contributed by atoms with Crippen LogP contribution in [0.1, 0.15) is 6.92 Å². The molecule has 138 valence electrons. The topological polar surface area (TPSA) is 76.4 Å². The van der Waals surface area contributed by atoms with Gasteiger partial charge in [0.15, 0.2) is 0 Å². The quantitative estimate of drug-likeness (QED) is 0.554. The van der Waals surface area contributed by atoms with Gasteiger partial charge in [0, 0.05) is 41.1 Å². The highest BCUT2D eigenvalue weighted by molar-refractivity contribution is 7.25. The van der Waals surface area contributed by atoms with Gasteiger partial charge in [-0.1, -0.05) is 0 Å². The van der Waals surface area contributed by atoms with Gasteiger partial charge in [0.05, 0.1) is 13.2 Å². The number of ether oxygens (including phenoxy) is 1. The molecule has 4 rings (SSSR count). The number of rotatable bonds is 5. The maximum Gasteiger partial charge on any atom is 0.273 e. The van der Waals surface area contributed by atoms with Crippen LogP contribution in [0.5, 0.6) is 5.75 Å². The van der Waals surface area contributed by atoms with Crippen molar-refractivity contribution in [2.45, 2.75) is 13.0 Å². The standard InChI is InChI=1S/C20H19N3O3S/c1-12(24)11-22-16-7-9-21-19-17(16)15-8-10-23(20(25)18(15)27-19)13-3-5-14(26-2)6-4-13/h3-10,12,24H,11H2,1-2H3,(H,21,22)/t12-/m1/s1. The van der Waals surface area contributed by atoms with Crippen molar-refractivity contribution < 1.29 is 9.84 Å². The van der Waals surface area contributed by atoms with Gasteiger partial charge >= 0.3 is 0 Å². The van der Waals surface area contributed by atoms with E-state index in [9.17, 15) is 9.90 Å². The summed E-state index contributed by atoms with van der Waals surface area (Å²) >= 11 is 1.38. The van der Waals surface area contributed by atoms with E-state index in [0.717, 1.165) is 32.7 Å². The van der Waals surface area contributed by atoms with Crippen LogP contribution in [0.3, 0.4) is 0 Å². The molecule has 1 atom stereocenters. The number of anilines is 1. The minimum absolute atomic E-state index is 0.0813. The van der Waals surface area contributed by atoms with Gasteiger partial charge < -0.3 is 15.2 Å². The highest BCUT2D eigenvalue weighted by Gasteiger charge is 2.15. The Balaban J connectivity index is 1.87. The van der Waals surface area contributed by atoms with E-state index in [1.165, 1.54) is 11.3 Å². The van der Waals surface area contributed by atoms with Crippen LogP contribution in [-0.4, -0.2) is 34.4 Å². The van der Waals surface area contributed by atoms with Crippen LogP contribution in [0.4, 0.5) is 5.69 Å². The first-order valence-electron chi connectivity index (χ1n) is 8.57. The molecule has 0 fully saturated rings. The average Bonchev–Trinajstić information content (AvgIpc) is 3.07. The average molecular weight is 381 g/mol. The highest BCUT2D eigenvalue weighted by Crippen LogP contribution is 2.35. The summed E-state index contributed by atoms with van der Waals surface area (Å²) in [6.45, 7) is 2.16. The largest absolute Gasteiger partial charge is 0.497 e. The molecule has 0 radical (unpaired) electrons. The summed E-state index contributed by atoms with van der Waals surface area (Å²) in [6.07, 6.45) is 3.03. The number of nitrogens with one attached hydrogen (secondary N) is 1. The van der Waals surface area contributed by atoms with E-state index in [1.807, 2.05) is 36.4 Å². The monoisotopic (exact) mass is 381 g/mol. The Morgan fingerprint density at radius 3 is 2.74 bits per heavy atom. The predicted molar refractivity (Wildman–Crippen MR) is 109 cm³/mol. The van der Waals surface area contributed by atoms with Crippen LogP contribution in [0.2, 0.25) is 0 Å². The minimum atomic E-state index is -0.467. The minimum Gasteiger partial charge on any atom is -0.497 e. The second-order valence-electron chi connectivity index (χ2n) is 6.30. The summed E-state index contributed by atoms with van der Waals surface area (Å²) in [7, 11) is 1.61. The third-order valence-corrected chi connectivity index (χ3v) is 5.47. The molecular formula is C20H19N3O3S. The lowest BCUT2D eigenvalue weighted by atomic mass is 10.2. The van der Waals surface area contributed by atoms with Crippen molar-refractivity contribution in [1.29, 1.82) is 0 Å². The molecule has 0 saturated heterocycles. The fraction of sp³-hybridized carbons (Fsp3) is 0.200. The van der Waals surface area contributed by atoms with Gasteiger partial charge in [-0.3, -0.25) is 9.36 Å². The van der Waals surface area contributed by atoms with Crippen molar-refractivity contribution in [1.82, 2.24) is 9.55 Å². The number of benzene rings is 1. The summed E-state index contributed by atoms with van der Waals surface area (Å²) < 4.78 is 7.46. The van der Waals surface area contributed by atoms with Crippen molar-refractivity contribution in [3.63, 3.8) is 0 Å². The Morgan fingerprint density at radius 1 is 1.26 bits per heavy atom. The van der Waals surface area contributed by atoms with E-state index < -0.39 is 6.10 Å². The number of aromatic nitrogens is 2. The Hall–Kier alpha value is -2.90. The van der Waals surface area contributed by atoms with Crippen molar-refractivity contribution in [2.75, 3.05) is 19.0 Å². The molecule has 0 amide bonds. The molecule has 2 N–H and O–H groups in total. The van der Waals surface area contributed by atoms with Crippen LogP contribution in [0.25, 0.3) is 26.0 Å². The van der Waals surface area contributed by atoms with Crippen LogP contribution >= 0.6 is 11.3 Å². The normalized spacial score (nSPS) is 12.4. The molecule has 27 heavy (non-hydrogen) atoms. The molecule has 0 unspecified atom stereocenters. The molecule has 0 bridgehead atoms. The van der Waals surface area contributed by atoms with Gasteiger partial charge in [-0.15, -0.1) is 11.3 Å². The number of aliphatic hydroxyl groups excluding tert-OH is 1. The fourth-order valence-corrected chi connectivity index (χ4v) is 4.14. The van der Waals surface area contributed by atoms with Crippen LogP contribution in [0.15, 0.2) is 53.6 Å². The van der Waals surface area contributed by atoms with E-state index in [1.54, 1.807) is 31.0 Å². The lowest BCUT2D eigenvalue weighted by Crippen LogP contribution is -2.16. The maximum absolute atomic E-state index is 13.1. The van der Waals surface area contributed by atoms with Gasteiger partial charge in [0.25, 0.3) is 5.56 Å². The highest BCUT2D eigenvalue weighted by atomic mass is 32.1. The van der Waals surface area contributed by atoms with Gasteiger partial charge in [0.1, 0.15) is 15.3 Å².